The summed E-state index contributed by atoms with van der Waals surface area (Å²) in [7, 11) is 3.53. The van der Waals surface area contributed by atoms with Crippen molar-refractivity contribution < 1.29 is 14.3 Å². The van der Waals surface area contributed by atoms with Gasteiger partial charge < -0.3 is 20.3 Å². The molecule has 1 aromatic heterocycles. The number of amides is 2. The third-order valence-corrected chi connectivity index (χ3v) is 4.76. The molecule has 0 saturated carbocycles. The topological polar surface area (TPSA) is 83.6 Å². The van der Waals surface area contributed by atoms with Gasteiger partial charge in [-0.3, -0.25) is 14.6 Å². The van der Waals surface area contributed by atoms with E-state index in [1.807, 2.05) is 19.2 Å². The lowest BCUT2D eigenvalue weighted by Crippen LogP contribution is -2.18. The normalized spacial score (nSPS) is 10.3. The van der Waals surface area contributed by atoms with E-state index >= 15 is 0 Å². The van der Waals surface area contributed by atoms with Gasteiger partial charge in [0, 0.05) is 49.0 Å². The number of pyridine rings is 1. The molecule has 3 rings (SSSR count). The lowest BCUT2D eigenvalue weighted by molar-refractivity contribution is 0.101. The number of hydrogen-bond donors (Lipinski definition) is 2. The van der Waals surface area contributed by atoms with Gasteiger partial charge in [-0.2, -0.15) is 0 Å². The molecule has 0 atom stereocenters. The minimum absolute atomic E-state index is 0.223. The molecule has 2 N–H and O–H groups in total. The minimum atomic E-state index is -0.295. The minimum Gasteiger partial charge on any atom is -0.494 e. The maximum atomic E-state index is 12.6. The Kier molecular flexibility index (Phi) is 7.22. The van der Waals surface area contributed by atoms with Crippen molar-refractivity contribution in [1.29, 1.82) is 0 Å². The quantitative estimate of drug-likeness (QED) is 0.565. The van der Waals surface area contributed by atoms with E-state index in [9.17, 15) is 9.59 Å². The van der Waals surface area contributed by atoms with E-state index in [1.54, 1.807) is 48.7 Å². The molecule has 0 aliphatic carbocycles. The Hall–Kier alpha value is -3.87. The molecule has 0 saturated heterocycles. The summed E-state index contributed by atoms with van der Waals surface area (Å²) < 4.78 is 5.39. The van der Waals surface area contributed by atoms with Gasteiger partial charge >= 0.3 is 0 Å². The van der Waals surface area contributed by atoms with Crippen molar-refractivity contribution >= 4 is 28.9 Å². The number of carbonyl (C=O) groups is 2. The molecule has 0 aliphatic rings. The zero-order valence-electron chi connectivity index (χ0n) is 17.9. The lowest BCUT2D eigenvalue weighted by Gasteiger charge is -2.18. The summed E-state index contributed by atoms with van der Waals surface area (Å²) in [6.45, 7) is 3.08. The number of nitrogens with zero attached hydrogens (tertiary/aromatic N) is 2. The highest BCUT2D eigenvalue weighted by Gasteiger charge is 2.13. The Morgan fingerprint density at radius 1 is 1.00 bits per heavy atom. The third-order valence-electron chi connectivity index (χ3n) is 4.76. The zero-order chi connectivity index (χ0) is 22.2. The van der Waals surface area contributed by atoms with Gasteiger partial charge in [0.1, 0.15) is 5.75 Å². The van der Waals surface area contributed by atoms with E-state index < -0.39 is 0 Å². The summed E-state index contributed by atoms with van der Waals surface area (Å²) in [4.78, 5) is 31.1. The zero-order valence-corrected chi connectivity index (χ0v) is 17.9. The molecular weight excluding hydrogens is 392 g/mol. The third kappa shape index (κ3) is 5.60. The summed E-state index contributed by atoms with van der Waals surface area (Å²) in [6, 6.07) is 15.9. The summed E-state index contributed by atoms with van der Waals surface area (Å²) >= 11 is 0. The first-order valence-corrected chi connectivity index (χ1v) is 10.0. The molecule has 31 heavy (non-hydrogen) atoms. The van der Waals surface area contributed by atoms with Crippen LogP contribution in [0.25, 0.3) is 0 Å². The molecule has 3 aromatic rings. The van der Waals surface area contributed by atoms with Crippen LogP contribution in [0.2, 0.25) is 0 Å². The van der Waals surface area contributed by atoms with Gasteiger partial charge in [0.05, 0.1) is 18.4 Å². The fraction of sp³-hybridized carbons (Fsp3) is 0.208. The van der Waals surface area contributed by atoms with Crippen LogP contribution < -0.4 is 20.3 Å². The van der Waals surface area contributed by atoms with Gasteiger partial charge in [-0.05, 0) is 55.0 Å². The summed E-state index contributed by atoms with van der Waals surface area (Å²) in [5.74, 6) is -0.0817. The second-order valence-electron chi connectivity index (χ2n) is 7.03. The highest BCUT2D eigenvalue weighted by molar-refractivity contribution is 6.06. The van der Waals surface area contributed by atoms with E-state index in [0.29, 0.717) is 28.3 Å². The Bertz CT molecular complexity index is 1040. The number of hydrogen-bond acceptors (Lipinski definition) is 5. The van der Waals surface area contributed by atoms with Crippen LogP contribution in [0, 0.1) is 0 Å². The molecule has 7 heteroatoms. The molecule has 1 heterocycles. The average molecular weight is 418 g/mol. The predicted molar refractivity (Wildman–Crippen MR) is 123 cm³/mol. The standard InChI is InChI=1S/C24H26N4O3/c1-4-14-28(2)20-10-7-17(8-11-20)23(29)26-19-9-12-21(22(15-19)31-3)27-24(30)18-6-5-13-25-16-18/h5-13,15-16H,4,14H2,1-3H3,(H,26,29)(H,27,30). The Labute approximate surface area is 182 Å². The molecule has 0 fully saturated rings. The van der Waals surface area contributed by atoms with Crippen molar-refractivity contribution in [3.63, 3.8) is 0 Å². The monoisotopic (exact) mass is 418 g/mol. The molecule has 0 unspecified atom stereocenters. The molecule has 160 valence electrons. The van der Waals surface area contributed by atoms with Crippen LogP contribution in [0.5, 0.6) is 5.75 Å². The summed E-state index contributed by atoms with van der Waals surface area (Å²) in [5, 5.41) is 5.66. The SMILES string of the molecule is CCCN(C)c1ccc(C(=O)Nc2ccc(NC(=O)c3cccnc3)c(OC)c2)cc1. The van der Waals surface area contributed by atoms with Crippen molar-refractivity contribution in [2.75, 3.05) is 36.2 Å². The smallest absolute Gasteiger partial charge is 0.257 e. The molecule has 0 radical (unpaired) electrons. The predicted octanol–water partition coefficient (Wildman–Crippen LogP) is 4.44. The van der Waals surface area contributed by atoms with E-state index in [4.69, 9.17) is 4.74 Å². The fourth-order valence-corrected chi connectivity index (χ4v) is 3.10. The average Bonchev–Trinajstić information content (AvgIpc) is 2.80. The van der Waals surface area contributed by atoms with Crippen LogP contribution >= 0.6 is 0 Å². The molecule has 0 spiro atoms. The number of benzene rings is 2. The molecule has 0 aliphatic heterocycles. The van der Waals surface area contributed by atoms with Crippen molar-refractivity contribution in [2.24, 2.45) is 0 Å². The van der Waals surface area contributed by atoms with Crippen LogP contribution in [0.15, 0.2) is 67.0 Å². The van der Waals surface area contributed by atoms with Gasteiger partial charge in [-0.1, -0.05) is 6.92 Å². The highest BCUT2D eigenvalue weighted by Crippen LogP contribution is 2.29. The molecule has 0 bridgehead atoms. The second kappa shape index (κ2) is 10.2. The van der Waals surface area contributed by atoms with Crippen LogP contribution in [-0.4, -0.2) is 37.5 Å². The van der Waals surface area contributed by atoms with Crippen molar-refractivity contribution in [3.8, 4) is 5.75 Å². The highest BCUT2D eigenvalue weighted by atomic mass is 16.5. The van der Waals surface area contributed by atoms with Crippen LogP contribution in [0.1, 0.15) is 34.1 Å². The largest absolute Gasteiger partial charge is 0.494 e. The van der Waals surface area contributed by atoms with Crippen LogP contribution in [0.3, 0.4) is 0 Å². The van der Waals surface area contributed by atoms with Gasteiger partial charge in [-0.15, -0.1) is 0 Å². The maximum absolute atomic E-state index is 12.6. The number of aromatic nitrogens is 1. The van der Waals surface area contributed by atoms with Crippen LogP contribution in [-0.2, 0) is 0 Å². The Morgan fingerprint density at radius 2 is 1.74 bits per heavy atom. The number of nitrogens with one attached hydrogen (secondary N) is 2. The first kappa shape index (κ1) is 21.8. The number of rotatable bonds is 8. The summed E-state index contributed by atoms with van der Waals surface area (Å²) in [5.41, 5.74) is 3.12. The van der Waals surface area contributed by atoms with Gasteiger partial charge in [0.15, 0.2) is 0 Å². The molecule has 2 amide bonds. The Balaban J connectivity index is 1.69. The fourth-order valence-electron chi connectivity index (χ4n) is 3.10. The van der Waals surface area contributed by atoms with Gasteiger partial charge in [0.25, 0.3) is 11.8 Å². The van der Waals surface area contributed by atoms with Crippen molar-refractivity contribution in [2.45, 2.75) is 13.3 Å². The number of carbonyl (C=O) groups excluding carboxylic acids is 2. The van der Waals surface area contributed by atoms with Crippen LogP contribution in [0.4, 0.5) is 17.1 Å². The number of ether oxygens (including phenoxy) is 1. The van der Waals surface area contributed by atoms with E-state index in [2.05, 4.69) is 27.4 Å². The van der Waals surface area contributed by atoms with E-state index in [-0.39, 0.29) is 11.8 Å². The number of methoxy groups -OCH3 is 1. The van der Waals surface area contributed by atoms with Gasteiger partial charge in [-0.25, -0.2) is 0 Å². The summed E-state index contributed by atoms with van der Waals surface area (Å²) in [6.07, 6.45) is 4.15. The lowest BCUT2D eigenvalue weighted by atomic mass is 10.1. The maximum Gasteiger partial charge on any atom is 0.257 e. The van der Waals surface area contributed by atoms with Crippen molar-refractivity contribution in [3.05, 3.63) is 78.1 Å². The second-order valence-corrected chi connectivity index (χ2v) is 7.03. The van der Waals surface area contributed by atoms with E-state index in [1.165, 1.54) is 13.3 Å². The molecular formula is C24H26N4O3. The Morgan fingerprint density at radius 3 is 2.39 bits per heavy atom. The first-order valence-electron chi connectivity index (χ1n) is 10.0. The molecule has 7 nitrogen and oxygen atoms in total. The van der Waals surface area contributed by atoms with Crippen molar-refractivity contribution in [1.82, 2.24) is 4.98 Å². The van der Waals surface area contributed by atoms with Gasteiger partial charge in [0.2, 0.25) is 0 Å². The first-order chi connectivity index (χ1) is 15.0. The molecule has 2 aromatic carbocycles. The number of anilines is 3. The van der Waals surface area contributed by atoms with E-state index in [0.717, 1.165) is 18.7 Å².